The Bertz CT molecular complexity index is 366. The number of piperazine rings is 1. The molecule has 94 valence electrons. The van der Waals surface area contributed by atoms with E-state index in [4.69, 9.17) is 0 Å². The van der Waals surface area contributed by atoms with Gasteiger partial charge in [0.05, 0.1) is 11.7 Å². The molecule has 1 aromatic heterocycles. The van der Waals surface area contributed by atoms with Crippen molar-refractivity contribution < 1.29 is 4.79 Å². The van der Waals surface area contributed by atoms with Crippen molar-refractivity contribution in [2.24, 2.45) is 0 Å². The van der Waals surface area contributed by atoms with E-state index in [1.165, 1.54) is 11.3 Å². The molecule has 1 aliphatic heterocycles. The predicted octanol–water partition coefficient (Wildman–Crippen LogP) is 1.75. The minimum Gasteiger partial charge on any atom is -0.332 e. The highest BCUT2D eigenvalue weighted by molar-refractivity contribution is 7.11. The Balaban J connectivity index is 2.12. The molecule has 2 unspecified atom stereocenters. The predicted molar refractivity (Wildman–Crippen MR) is 69.3 cm³/mol. The van der Waals surface area contributed by atoms with E-state index in [0.717, 1.165) is 30.8 Å². The minimum atomic E-state index is 0.138. The van der Waals surface area contributed by atoms with E-state index in [2.05, 4.69) is 24.1 Å². The lowest BCUT2D eigenvalue weighted by Crippen LogP contribution is -2.57. The van der Waals surface area contributed by atoms with Gasteiger partial charge in [-0.2, -0.15) is 0 Å². The van der Waals surface area contributed by atoms with Crippen LogP contribution in [0.2, 0.25) is 0 Å². The lowest BCUT2D eigenvalue weighted by molar-refractivity contribution is 0.0580. The second kappa shape index (κ2) is 5.60. The monoisotopic (exact) mass is 253 g/mol. The van der Waals surface area contributed by atoms with E-state index in [9.17, 15) is 4.79 Å². The first-order valence-corrected chi connectivity index (χ1v) is 7.07. The number of amides is 1. The molecule has 2 rings (SSSR count). The van der Waals surface area contributed by atoms with Gasteiger partial charge in [-0.15, -0.1) is 11.3 Å². The van der Waals surface area contributed by atoms with E-state index in [-0.39, 0.29) is 5.91 Å². The summed E-state index contributed by atoms with van der Waals surface area (Å²) in [7, 11) is 0. The number of nitrogens with one attached hydrogen (secondary N) is 1. The van der Waals surface area contributed by atoms with Gasteiger partial charge in [-0.1, -0.05) is 13.8 Å². The molecule has 0 aromatic carbocycles. The Morgan fingerprint density at radius 2 is 2.41 bits per heavy atom. The summed E-state index contributed by atoms with van der Waals surface area (Å²) in [5.41, 5.74) is 1.72. The molecule has 0 saturated carbocycles. The van der Waals surface area contributed by atoms with E-state index in [1.54, 1.807) is 11.7 Å². The van der Waals surface area contributed by atoms with Crippen LogP contribution in [0.25, 0.3) is 0 Å². The van der Waals surface area contributed by atoms with Gasteiger partial charge in [-0.3, -0.25) is 9.78 Å². The molecule has 4 nitrogen and oxygen atoms in total. The van der Waals surface area contributed by atoms with Crippen molar-refractivity contribution >= 4 is 17.2 Å². The Hall–Kier alpha value is -0.940. The van der Waals surface area contributed by atoms with Crippen molar-refractivity contribution in [3.63, 3.8) is 0 Å². The van der Waals surface area contributed by atoms with Crippen LogP contribution in [-0.4, -0.2) is 41.0 Å². The second-order valence-corrected chi connectivity index (χ2v) is 5.29. The Labute approximate surface area is 106 Å². The van der Waals surface area contributed by atoms with Crippen LogP contribution in [0.15, 0.2) is 11.7 Å². The molecule has 1 fully saturated rings. The van der Waals surface area contributed by atoms with Crippen LogP contribution in [0.3, 0.4) is 0 Å². The quantitative estimate of drug-likeness (QED) is 0.892. The number of hydrogen-bond donors (Lipinski definition) is 1. The maximum absolute atomic E-state index is 12.4. The molecule has 1 aromatic rings. The molecular formula is C12H19N3OS. The smallest absolute Gasteiger partial charge is 0.265 e. The third kappa shape index (κ3) is 2.66. The molecule has 0 spiro atoms. The molecule has 2 atom stereocenters. The molecule has 1 aliphatic rings. The topological polar surface area (TPSA) is 45.2 Å². The van der Waals surface area contributed by atoms with Crippen LogP contribution >= 0.6 is 11.3 Å². The third-order valence-corrected chi connectivity index (χ3v) is 4.13. The van der Waals surface area contributed by atoms with Gasteiger partial charge in [0.2, 0.25) is 0 Å². The van der Waals surface area contributed by atoms with E-state index in [0.29, 0.717) is 12.1 Å². The van der Waals surface area contributed by atoms with Gasteiger partial charge in [-0.05, 0) is 12.8 Å². The van der Waals surface area contributed by atoms with Crippen molar-refractivity contribution in [3.05, 3.63) is 16.6 Å². The van der Waals surface area contributed by atoms with Crippen LogP contribution in [-0.2, 0) is 0 Å². The number of carbonyl (C=O) groups excluding carboxylic acids is 1. The molecule has 5 heteroatoms. The molecule has 0 bridgehead atoms. The normalized spacial score (nSPS) is 24.9. The molecule has 0 aliphatic carbocycles. The molecule has 1 saturated heterocycles. The minimum absolute atomic E-state index is 0.138. The first-order valence-electron chi connectivity index (χ1n) is 6.19. The molecule has 0 radical (unpaired) electrons. The number of thiazole rings is 1. The van der Waals surface area contributed by atoms with Crippen LogP contribution in [0, 0.1) is 0 Å². The van der Waals surface area contributed by atoms with Crippen LogP contribution in [0.1, 0.15) is 36.4 Å². The SMILES string of the molecule is CCC1CN(C(=O)c2cncs2)C(CC)CN1. The summed E-state index contributed by atoms with van der Waals surface area (Å²) in [6, 6.07) is 0.738. The zero-order valence-electron chi connectivity index (χ0n) is 10.3. The Morgan fingerprint density at radius 1 is 1.59 bits per heavy atom. The zero-order valence-corrected chi connectivity index (χ0v) is 11.2. The van der Waals surface area contributed by atoms with Crippen molar-refractivity contribution in [1.29, 1.82) is 0 Å². The fourth-order valence-corrected chi connectivity index (χ4v) is 2.79. The summed E-state index contributed by atoms with van der Waals surface area (Å²) in [5.74, 6) is 0.138. The molecule has 1 amide bonds. The highest BCUT2D eigenvalue weighted by Gasteiger charge is 2.30. The largest absolute Gasteiger partial charge is 0.332 e. The van der Waals surface area contributed by atoms with Crippen molar-refractivity contribution in [2.45, 2.75) is 38.8 Å². The van der Waals surface area contributed by atoms with Crippen molar-refractivity contribution in [1.82, 2.24) is 15.2 Å². The summed E-state index contributed by atoms with van der Waals surface area (Å²) in [6.45, 7) is 6.00. The Kier molecular flexibility index (Phi) is 4.12. The maximum Gasteiger partial charge on any atom is 0.265 e. The van der Waals surface area contributed by atoms with Gasteiger partial charge in [0.1, 0.15) is 4.88 Å². The summed E-state index contributed by atoms with van der Waals surface area (Å²) < 4.78 is 0. The highest BCUT2D eigenvalue weighted by atomic mass is 32.1. The third-order valence-electron chi connectivity index (χ3n) is 3.37. The molecule has 2 heterocycles. The summed E-state index contributed by atoms with van der Waals surface area (Å²) in [6.07, 6.45) is 3.72. The number of rotatable bonds is 3. The number of nitrogens with zero attached hydrogens (tertiary/aromatic N) is 2. The molecular weight excluding hydrogens is 234 g/mol. The second-order valence-electron chi connectivity index (χ2n) is 4.40. The summed E-state index contributed by atoms with van der Waals surface area (Å²) in [5, 5.41) is 3.49. The van der Waals surface area contributed by atoms with Crippen molar-refractivity contribution in [2.75, 3.05) is 13.1 Å². The Morgan fingerprint density at radius 3 is 3.00 bits per heavy atom. The summed E-state index contributed by atoms with van der Waals surface area (Å²) in [4.78, 5) is 19.1. The van der Waals surface area contributed by atoms with Gasteiger partial charge in [0, 0.05) is 25.2 Å². The highest BCUT2D eigenvalue weighted by Crippen LogP contribution is 2.17. The first-order chi connectivity index (χ1) is 8.26. The number of hydrogen-bond acceptors (Lipinski definition) is 4. The lowest BCUT2D eigenvalue weighted by Gasteiger charge is -2.39. The van der Waals surface area contributed by atoms with Crippen LogP contribution < -0.4 is 5.32 Å². The van der Waals surface area contributed by atoms with Gasteiger partial charge in [0.25, 0.3) is 5.91 Å². The van der Waals surface area contributed by atoms with Crippen molar-refractivity contribution in [3.8, 4) is 0 Å². The average Bonchev–Trinajstić information content (AvgIpc) is 2.91. The fourth-order valence-electron chi connectivity index (χ4n) is 2.21. The first kappa shape index (κ1) is 12.5. The van der Waals surface area contributed by atoms with E-state index in [1.807, 2.05) is 4.90 Å². The zero-order chi connectivity index (χ0) is 12.3. The standard InChI is InChI=1S/C12H19N3OS/c1-3-9-7-15(10(4-2)5-14-9)12(16)11-6-13-8-17-11/h6,8-10,14H,3-5,7H2,1-2H3. The van der Waals surface area contributed by atoms with E-state index >= 15 is 0 Å². The average molecular weight is 253 g/mol. The molecule has 1 N–H and O–H groups in total. The van der Waals surface area contributed by atoms with E-state index < -0.39 is 0 Å². The number of carbonyl (C=O) groups is 1. The lowest BCUT2D eigenvalue weighted by atomic mass is 10.1. The summed E-state index contributed by atoms with van der Waals surface area (Å²) >= 11 is 1.42. The fraction of sp³-hybridized carbons (Fsp3) is 0.667. The van der Waals surface area contributed by atoms with Gasteiger partial charge in [0.15, 0.2) is 0 Å². The van der Waals surface area contributed by atoms with Crippen LogP contribution in [0.4, 0.5) is 0 Å². The van der Waals surface area contributed by atoms with Gasteiger partial charge >= 0.3 is 0 Å². The van der Waals surface area contributed by atoms with Gasteiger partial charge < -0.3 is 10.2 Å². The maximum atomic E-state index is 12.4. The number of aromatic nitrogens is 1. The molecule has 17 heavy (non-hydrogen) atoms. The van der Waals surface area contributed by atoms with Crippen LogP contribution in [0.5, 0.6) is 0 Å². The van der Waals surface area contributed by atoms with Gasteiger partial charge in [-0.25, -0.2) is 0 Å².